The van der Waals surface area contributed by atoms with Crippen molar-refractivity contribution in [2.45, 2.75) is 45.4 Å². The first kappa shape index (κ1) is 18.3. The minimum atomic E-state index is -0.0441. The minimum absolute atomic E-state index is 0.0441. The summed E-state index contributed by atoms with van der Waals surface area (Å²) in [6.07, 6.45) is 0. The summed E-state index contributed by atoms with van der Waals surface area (Å²) in [7, 11) is 0. The maximum absolute atomic E-state index is 3.67. The summed E-state index contributed by atoms with van der Waals surface area (Å²) in [4.78, 5) is 2.40. The van der Waals surface area contributed by atoms with E-state index in [1.807, 2.05) is 0 Å². The van der Waals surface area contributed by atoms with Crippen LogP contribution in [0.25, 0.3) is 0 Å². The van der Waals surface area contributed by atoms with E-state index in [1.165, 1.54) is 33.8 Å². The van der Waals surface area contributed by atoms with Crippen LogP contribution in [-0.4, -0.2) is 0 Å². The largest absolute Gasteiger partial charge is 0.310 e. The highest BCUT2D eigenvalue weighted by atomic mass is 79.9. The molecule has 27 heavy (non-hydrogen) atoms. The van der Waals surface area contributed by atoms with Crippen molar-refractivity contribution >= 4 is 33.0 Å². The lowest BCUT2D eigenvalue weighted by molar-refractivity contribution is 0.590. The summed E-state index contributed by atoms with van der Waals surface area (Å²) in [5, 5.41) is 0. The average Bonchev–Trinajstić information content (AvgIpc) is 2.62. The maximum Gasteiger partial charge on any atom is 0.0503 e. The van der Waals surface area contributed by atoms with E-state index in [0.717, 1.165) is 4.47 Å². The summed E-state index contributed by atoms with van der Waals surface area (Å²) >= 11 is 3.67. The second-order valence-corrected chi connectivity index (χ2v) is 9.85. The Morgan fingerprint density at radius 3 is 2.07 bits per heavy atom. The second-order valence-electron chi connectivity index (χ2n) is 8.94. The molecule has 0 bridgehead atoms. The Labute approximate surface area is 171 Å². The molecule has 0 aromatic heterocycles. The van der Waals surface area contributed by atoms with Crippen LogP contribution in [0.1, 0.15) is 51.3 Å². The quantitative estimate of drug-likeness (QED) is 0.387. The lowest BCUT2D eigenvalue weighted by Crippen LogP contribution is -2.30. The minimum Gasteiger partial charge on any atom is -0.310 e. The van der Waals surface area contributed by atoms with Gasteiger partial charge < -0.3 is 4.90 Å². The zero-order chi connectivity index (χ0) is 19.4. The van der Waals surface area contributed by atoms with Crippen molar-refractivity contribution in [1.82, 2.24) is 0 Å². The van der Waals surface area contributed by atoms with Crippen LogP contribution in [0.3, 0.4) is 0 Å². The van der Waals surface area contributed by atoms with Crippen molar-refractivity contribution in [2.75, 3.05) is 4.90 Å². The van der Waals surface area contributed by atoms with E-state index in [2.05, 4.69) is 122 Å². The van der Waals surface area contributed by atoms with E-state index >= 15 is 0 Å². The van der Waals surface area contributed by atoms with Crippen LogP contribution in [-0.2, 0) is 10.8 Å². The molecule has 0 spiro atoms. The fourth-order valence-electron chi connectivity index (χ4n) is 4.06. The van der Waals surface area contributed by atoms with Gasteiger partial charge in [0.15, 0.2) is 0 Å². The first-order valence-corrected chi connectivity index (χ1v) is 10.3. The number of para-hydroxylation sites is 1. The third-order valence-electron chi connectivity index (χ3n) is 5.68. The van der Waals surface area contributed by atoms with Gasteiger partial charge in [0.2, 0.25) is 0 Å². The highest BCUT2D eigenvalue weighted by Gasteiger charge is 2.36. The third kappa shape index (κ3) is 3.00. The van der Waals surface area contributed by atoms with E-state index in [-0.39, 0.29) is 10.8 Å². The Morgan fingerprint density at radius 2 is 1.41 bits per heavy atom. The van der Waals surface area contributed by atoms with Crippen LogP contribution in [0, 0.1) is 0 Å². The normalized spacial score (nSPS) is 15.3. The molecule has 0 amide bonds. The van der Waals surface area contributed by atoms with Gasteiger partial charge in [-0.2, -0.15) is 0 Å². The number of anilines is 3. The highest BCUT2D eigenvalue weighted by Crippen LogP contribution is 2.52. The zero-order valence-electron chi connectivity index (χ0n) is 16.7. The Balaban J connectivity index is 1.94. The molecule has 0 atom stereocenters. The van der Waals surface area contributed by atoms with E-state index < -0.39 is 0 Å². The van der Waals surface area contributed by atoms with E-state index in [1.54, 1.807) is 0 Å². The lowest BCUT2D eigenvalue weighted by atomic mass is 9.73. The van der Waals surface area contributed by atoms with E-state index in [0.29, 0.717) is 0 Å². The Bertz CT molecular complexity index is 994. The number of benzene rings is 3. The Kier molecular flexibility index (Phi) is 4.23. The SMILES string of the molecule is CC(C)(C)c1ccc(N2c3ccccc3C(C)(C)c3cc(Br)ccc32)cc1. The molecule has 1 aliphatic rings. The molecule has 4 rings (SSSR count). The molecule has 1 aliphatic heterocycles. The lowest BCUT2D eigenvalue weighted by Gasteiger charge is -2.42. The highest BCUT2D eigenvalue weighted by molar-refractivity contribution is 9.10. The van der Waals surface area contributed by atoms with Crippen LogP contribution >= 0.6 is 15.9 Å². The van der Waals surface area contributed by atoms with Crippen molar-refractivity contribution in [3.05, 3.63) is 87.9 Å². The van der Waals surface area contributed by atoms with Crippen molar-refractivity contribution < 1.29 is 0 Å². The number of rotatable bonds is 1. The van der Waals surface area contributed by atoms with Gasteiger partial charge in [0.1, 0.15) is 0 Å². The first-order valence-electron chi connectivity index (χ1n) is 9.50. The molecule has 0 aliphatic carbocycles. The summed E-state index contributed by atoms with van der Waals surface area (Å²) in [5.74, 6) is 0. The molecule has 0 N–H and O–H groups in total. The zero-order valence-corrected chi connectivity index (χ0v) is 18.3. The van der Waals surface area contributed by atoms with E-state index in [9.17, 15) is 0 Å². The topological polar surface area (TPSA) is 3.24 Å². The first-order chi connectivity index (χ1) is 12.7. The summed E-state index contributed by atoms with van der Waals surface area (Å²) in [5.41, 5.74) is 7.89. The van der Waals surface area contributed by atoms with Crippen LogP contribution in [0.4, 0.5) is 17.1 Å². The fraction of sp³-hybridized carbons (Fsp3) is 0.280. The van der Waals surface area contributed by atoms with Crippen LogP contribution in [0.5, 0.6) is 0 Å². The van der Waals surface area contributed by atoms with Gasteiger partial charge in [-0.25, -0.2) is 0 Å². The van der Waals surface area contributed by atoms with Gasteiger partial charge in [0, 0.05) is 15.6 Å². The molecule has 0 saturated carbocycles. The molecule has 2 heteroatoms. The number of nitrogens with zero attached hydrogens (tertiary/aromatic N) is 1. The Hall–Kier alpha value is -2.06. The third-order valence-corrected chi connectivity index (χ3v) is 6.18. The number of fused-ring (bicyclic) bond motifs is 2. The molecule has 0 unspecified atom stereocenters. The van der Waals surface area contributed by atoms with Crippen molar-refractivity contribution in [3.8, 4) is 0 Å². The van der Waals surface area contributed by atoms with E-state index in [4.69, 9.17) is 0 Å². The van der Waals surface area contributed by atoms with Gasteiger partial charge in [-0.05, 0) is 58.5 Å². The smallest absolute Gasteiger partial charge is 0.0503 e. The van der Waals surface area contributed by atoms with Crippen LogP contribution in [0.15, 0.2) is 71.2 Å². The number of hydrogen-bond acceptors (Lipinski definition) is 1. The molecular weight excluding hydrogens is 394 g/mol. The molecule has 3 aromatic rings. The summed E-state index contributed by atoms with van der Waals surface area (Å²) < 4.78 is 1.12. The molecular formula is C25H26BrN. The molecule has 0 radical (unpaired) electrons. The van der Waals surface area contributed by atoms with Crippen molar-refractivity contribution in [1.29, 1.82) is 0 Å². The van der Waals surface area contributed by atoms with Crippen LogP contribution < -0.4 is 4.90 Å². The molecule has 138 valence electrons. The number of halogens is 1. The Morgan fingerprint density at radius 1 is 0.778 bits per heavy atom. The van der Waals surface area contributed by atoms with Gasteiger partial charge >= 0.3 is 0 Å². The van der Waals surface area contributed by atoms with Gasteiger partial charge in [-0.15, -0.1) is 0 Å². The molecule has 1 nitrogen and oxygen atoms in total. The van der Waals surface area contributed by atoms with Gasteiger partial charge in [-0.3, -0.25) is 0 Å². The maximum atomic E-state index is 3.67. The predicted molar refractivity (Wildman–Crippen MR) is 120 cm³/mol. The fourth-order valence-corrected chi connectivity index (χ4v) is 4.43. The van der Waals surface area contributed by atoms with Gasteiger partial charge in [0.05, 0.1) is 11.4 Å². The second kappa shape index (κ2) is 6.24. The number of hydrogen-bond donors (Lipinski definition) is 0. The molecule has 0 saturated heterocycles. The molecule has 1 heterocycles. The average molecular weight is 420 g/mol. The van der Waals surface area contributed by atoms with Gasteiger partial charge in [-0.1, -0.05) is 80.9 Å². The predicted octanol–water partition coefficient (Wildman–Crippen LogP) is 7.86. The molecule has 0 fully saturated rings. The standard InChI is InChI=1S/C25H26BrN/c1-24(2,3)17-10-13-19(14-11-17)27-22-9-7-6-8-20(22)25(4,5)21-16-18(26)12-15-23(21)27/h6-16H,1-5H3. The summed E-state index contributed by atoms with van der Waals surface area (Å²) in [6, 6.07) is 24.4. The van der Waals surface area contributed by atoms with Gasteiger partial charge in [0.25, 0.3) is 0 Å². The van der Waals surface area contributed by atoms with Crippen LogP contribution in [0.2, 0.25) is 0 Å². The monoisotopic (exact) mass is 419 g/mol. The molecule has 3 aromatic carbocycles. The summed E-state index contributed by atoms with van der Waals surface area (Å²) in [6.45, 7) is 11.4. The van der Waals surface area contributed by atoms with Crippen molar-refractivity contribution in [2.24, 2.45) is 0 Å². The van der Waals surface area contributed by atoms with Crippen molar-refractivity contribution in [3.63, 3.8) is 0 Å².